The molecule has 2 aliphatic carbocycles. The lowest BCUT2D eigenvalue weighted by Crippen LogP contribution is -2.42. The van der Waals surface area contributed by atoms with Gasteiger partial charge in [0.1, 0.15) is 6.10 Å². The Hall–Kier alpha value is -2.04. The average Bonchev–Trinajstić information content (AvgIpc) is 3.25. The van der Waals surface area contributed by atoms with Gasteiger partial charge in [0.25, 0.3) is 0 Å². The number of pyridine rings is 1. The standard InChI is InChI=1S/C18H26N4O/c1-19-18(22-15-6-2-3-7-15)21-13-14-10-11-20-17(12-14)23-16-8-4-5-9-16/h2-3,10-12,15-16H,4-9,13H2,1H3,(H2,19,21,22). The highest BCUT2D eigenvalue weighted by Crippen LogP contribution is 2.23. The first-order valence-electron chi connectivity index (χ1n) is 8.57. The van der Waals surface area contributed by atoms with E-state index in [0.717, 1.165) is 43.1 Å². The van der Waals surface area contributed by atoms with Gasteiger partial charge in [-0.05, 0) is 50.2 Å². The Balaban J connectivity index is 1.50. The largest absolute Gasteiger partial charge is 0.474 e. The van der Waals surface area contributed by atoms with Crippen molar-refractivity contribution >= 4 is 5.96 Å². The summed E-state index contributed by atoms with van der Waals surface area (Å²) < 4.78 is 5.96. The smallest absolute Gasteiger partial charge is 0.213 e. The summed E-state index contributed by atoms with van der Waals surface area (Å²) in [5, 5.41) is 6.80. The van der Waals surface area contributed by atoms with Crippen LogP contribution in [0.4, 0.5) is 0 Å². The Labute approximate surface area is 138 Å². The Kier molecular flexibility index (Phi) is 5.51. The van der Waals surface area contributed by atoms with Gasteiger partial charge >= 0.3 is 0 Å². The first-order valence-corrected chi connectivity index (χ1v) is 8.57. The van der Waals surface area contributed by atoms with Crippen LogP contribution in [-0.2, 0) is 6.54 Å². The van der Waals surface area contributed by atoms with Crippen LogP contribution < -0.4 is 15.4 Å². The van der Waals surface area contributed by atoms with Crippen molar-refractivity contribution in [3.63, 3.8) is 0 Å². The summed E-state index contributed by atoms with van der Waals surface area (Å²) in [4.78, 5) is 8.62. The molecule has 23 heavy (non-hydrogen) atoms. The highest BCUT2D eigenvalue weighted by molar-refractivity contribution is 5.80. The minimum absolute atomic E-state index is 0.343. The first-order chi connectivity index (χ1) is 11.3. The monoisotopic (exact) mass is 314 g/mol. The summed E-state index contributed by atoms with van der Waals surface area (Å²) in [6.07, 6.45) is 13.5. The fourth-order valence-corrected chi connectivity index (χ4v) is 3.11. The molecular weight excluding hydrogens is 288 g/mol. The molecule has 0 atom stereocenters. The third-order valence-electron chi connectivity index (χ3n) is 4.42. The van der Waals surface area contributed by atoms with E-state index in [1.54, 1.807) is 7.05 Å². The van der Waals surface area contributed by atoms with E-state index in [0.29, 0.717) is 18.7 Å². The van der Waals surface area contributed by atoms with Crippen LogP contribution in [-0.4, -0.2) is 30.1 Å². The summed E-state index contributed by atoms with van der Waals surface area (Å²) >= 11 is 0. The minimum Gasteiger partial charge on any atom is -0.474 e. The van der Waals surface area contributed by atoms with E-state index in [9.17, 15) is 0 Å². The Bertz CT molecular complexity index is 556. The molecule has 1 fully saturated rings. The lowest BCUT2D eigenvalue weighted by molar-refractivity contribution is 0.201. The number of aliphatic imine (C=N–C) groups is 1. The number of ether oxygens (including phenoxy) is 1. The molecular formula is C18H26N4O. The zero-order valence-electron chi connectivity index (χ0n) is 13.8. The molecule has 2 N–H and O–H groups in total. The Morgan fingerprint density at radius 1 is 1.30 bits per heavy atom. The lowest BCUT2D eigenvalue weighted by Gasteiger charge is -2.17. The van der Waals surface area contributed by atoms with E-state index < -0.39 is 0 Å². The van der Waals surface area contributed by atoms with E-state index in [1.807, 2.05) is 18.3 Å². The molecule has 5 heteroatoms. The third-order valence-corrected chi connectivity index (χ3v) is 4.42. The SMILES string of the molecule is CN=C(NCc1ccnc(OC2CCCC2)c1)NC1CC=CC1. The van der Waals surface area contributed by atoms with E-state index in [-0.39, 0.29) is 0 Å². The van der Waals surface area contributed by atoms with Crippen molar-refractivity contribution in [2.45, 2.75) is 57.2 Å². The molecule has 2 aliphatic rings. The van der Waals surface area contributed by atoms with Gasteiger partial charge < -0.3 is 15.4 Å². The van der Waals surface area contributed by atoms with Crippen molar-refractivity contribution in [2.24, 2.45) is 4.99 Å². The van der Waals surface area contributed by atoms with Crippen LogP contribution in [0.3, 0.4) is 0 Å². The molecule has 1 aromatic rings. The number of guanidine groups is 1. The molecule has 0 spiro atoms. The predicted octanol–water partition coefficient (Wildman–Crippen LogP) is 2.79. The summed E-state index contributed by atoms with van der Waals surface area (Å²) in [5.41, 5.74) is 1.15. The third kappa shape index (κ3) is 4.71. The summed E-state index contributed by atoms with van der Waals surface area (Å²) in [6.45, 7) is 0.712. The highest BCUT2D eigenvalue weighted by Gasteiger charge is 2.17. The number of rotatable bonds is 5. The maximum atomic E-state index is 5.96. The van der Waals surface area contributed by atoms with Crippen LogP contribution in [0.25, 0.3) is 0 Å². The molecule has 0 radical (unpaired) electrons. The van der Waals surface area contributed by atoms with Crippen LogP contribution in [0.5, 0.6) is 5.88 Å². The quantitative estimate of drug-likeness (QED) is 0.498. The van der Waals surface area contributed by atoms with Gasteiger partial charge in [-0.1, -0.05) is 12.2 Å². The molecule has 5 nitrogen and oxygen atoms in total. The van der Waals surface area contributed by atoms with Gasteiger partial charge in [0, 0.05) is 31.9 Å². The van der Waals surface area contributed by atoms with Gasteiger partial charge in [0.15, 0.2) is 5.96 Å². The van der Waals surface area contributed by atoms with Crippen molar-refractivity contribution in [3.8, 4) is 5.88 Å². The molecule has 0 bridgehead atoms. The van der Waals surface area contributed by atoms with E-state index in [2.05, 4.69) is 32.8 Å². The second kappa shape index (κ2) is 7.99. The molecule has 1 saturated carbocycles. The molecule has 3 rings (SSSR count). The molecule has 1 aromatic heterocycles. The van der Waals surface area contributed by atoms with Gasteiger partial charge in [-0.3, -0.25) is 4.99 Å². The topological polar surface area (TPSA) is 58.5 Å². The molecule has 0 aromatic carbocycles. The van der Waals surface area contributed by atoms with Crippen LogP contribution in [0.15, 0.2) is 35.5 Å². The van der Waals surface area contributed by atoms with E-state index >= 15 is 0 Å². The number of nitrogens with zero attached hydrogens (tertiary/aromatic N) is 2. The predicted molar refractivity (Wildman–Crippen MR) is 92.6 cm³/mol. The Morgan fingerprint density at radius 3 is 2.83 bits per heavy atom. The molecule has 0 aliphatic heterocycles. The van der Waals surface area contributed by atoms with Crippen LogP contribution in [0, 0.1) is 0 Å². The van der Waals surface area contributed by atoms with Crippen LogP contribution in [0.2, 0.25) is 0 Å². The van der Waals surface area contributed by atoms with Gasteiger partial charge in [-0.25, -0.2) is 4.98 Å². The highest BCUT2D eigenvalue weighted by atomic mass is 16.5. The zero-order chi connectivity index (χ0) is 15.9. The van der Waals surface area contributed by atoms with Gasteiger partial charge in [-0.15, -0.1) is 0 Å². The number of aromatic nitrogens is 1. The number of hydrogen-bond donors (Lipinski definition) is 2. The van der Waals surface area contributed by atoms with Crippen molar-refractivity contribution in [2.75, 3.05) is 7.05 Å². The van der Waals surface area contributed by atoms with Gasteiger partial charge in [0.05, 0.1) is 0 Å². The lowest BCUT2D eigenvalue weighted by atomic mass is 10.2. The van der Waals surface area contributed by atoms with Crippen molar-refractivity contribution < 1.29 is 4.74 Å². The fourth-order valence-electron chi connectivity index (χ4n) is 3.11. The molecule has 0 amide bonds. The Morgan fingerprint density at radius 2 is 2.09 bits per heavy atom. The van der Waals surface area contributed by atoms with Crippen molar-refractivity contribution in [1.29, 1.82) is 0 Å². The van der Waals surface area contributed by atoms with Crippen molar-refractivity contribution in [1.82, 2.24) is 15.6 Å². The normalized spacial score (nSPS) is 19.3. The van der Waals surface area contributed by atoms with Crippen LogP contribution in [0.1, 0.15) is 44.1 Å². The number of hydrogen-bond acceptors (Lipinski definition) is 3. The second-order valence-electron chi connectivity index (χ2n) is 6.24. The van der Waals surface area contributed by atoms with E-state index in [4.69, 9.17) is 4.74 Å². The first kappa shape index (κ1) is 15.8. The fraction of sp³-hybridized carbons (Fsp3) is 0.556. The summed E-state index contributed by atoms with van der Waals surface area (Å²) in [6, 6.07) is 4.49. The number of nitrogens with one attached hydrogen (secondary N) is 2. The van der Waals surface area contributed by atoms with E-state index in [1.165, 1.54) is 12.8 Å². The maximum Gasteiger partial charge on any atom is 0.213 e. The van der Waals surface area contributed by atoms with Gasteiger partial charge in [0.2, 0.25) is 5.88 Å². The molecule has 0 unspecified atom stereocenters. The van der Waals surface area contributed by atoms with Crippen molar-refractivity contribution in [3.05, 3.63) is 36.0 Å². The second-order valence-corrected chi connectivity index (χ2v) is 6.24. The van der Waals surface area contributed by atoms with Crippen LogP contribution >= 0.6 is 0 Å². The molecule has 124 valence electrons. The molecule has 1 heterocycles. The average molecular weight is 314 g/mol. The van der Waals surface area contributed by atoms with Gasteiger partial charge in [-0.2, -0.15) is 0 Å². The maximum absolute atomic E-state index is 5.96. The summed E-state index contributed by atoms with van der Waals surface area (Å²) in [7, 11) is 1.80. The zero-order valence-corrected chi connectivity index (χ0v) is 13.8. The summed E-state index contributed by atoms with van der Waals surface area (Å²) in [5.74, 6) is 1.58. The molecule has 0 saturated heterocycles. The minimum atomic E-state index is 0.343.